The largest absolute Gasteiger partial charge is 0.456 e. The highest BCUT2D eigenvalue weighted by molar-refractivity contribution is 5.94. The minimum absolute atomic E-state index is 0.0432. The summed E-state index contributed by atoms with van der Waals surface area (Å²) in [5.74, 6) is 0.693. The van der Waals surface area contributed by atoms with E-state index >= 15 is 0 Å². The number of hydrogen-bond acceptors (Lipinski definition) is 5. The van der Waals surface area contributed by atoms with Gasteiger partial charge < -0.3 is 15.0 Å². The van der Waals surface area contributed by atoms with Gasteiger partial charge in [0.25, 0.3) is 0 Å². The number of rotatable bonds is 7. The topological polar surface area (TPSA) is 57.7 Å². The third-order valence-electron chi connectivity index (χ3n) is 5.74. The lowest BCUT2D eigenvalue weighted by Crippen LogP contribution is -2.48. The fourth-order valence-corrected chi connectivity index (χ4v) is 3.87. The number of aromatic nitrogens is 1. The van der Waals surface area contributed by atoms with Gasteiger partial charge in [0.2, 0.25) is 5.91 Å². The van der Waals surface area contributed by atoms with Gasteiger partial charge in [0, 0.05) is 50.6 Å². The fourth-order valence-electron chi connectivity index (χ4n) is 3.87. The summed E-state index contributed by atoms with van der Waals surface area (Å²) in [5, 5.41) is 3.46. The SMILES string of the molecule is C[C@H]1CN(Cc2ccc(N(C)C(=O)Cc3ccc(Oc4ccc(F)cc4)cn3)cc2)CCN1. The molecule has 0 saturated carbocycles. The van der Waals surface area contributed by atoms with Crippen molar-refractivity contribution in [1.82, 2.24) is 15.2 Å². The van der Waals surface area contributed by atoms with E-state index in [-0.39, 0.29) is 18.1 Å². The van der Waals surface area contributed by atoms with Crippen molar-refractivity contribution in [3.05, 3.63) is 83.9 Å². The highest BCUT2D eigenvalue weighted by atomic mass is 19.1. The average Bonchev–Trinajstić information content (AvgIpc) is 2.82. The fraction of sp³-hybridized carbons (Fsp3) is 0.308. The molecule has 7 heteroatoms. The number of benzene rings is 2. The van der Waals surface area contributed by atoms with Crippen LogP contribution in [0.5, 0.6) is 11.5 Å². The van der Waals surface area contributed by atoms with Gasteiger partial charge in [0.15, 0.2) is 0 Å². The molecule has 3 aromatic rings. The molecule has 1 aliphatic heterocycles. The van der Waals surface area contributed by atoms with Crippen LogP contribution in [0.25, 0.3) is 0 Å². The molecule has 6 nitrogen and oxygen atoms in total. The molecule has 0 bridgehead atoms. The van der Waals surface area contributed by atoms with Crippen LogP contribution < -0.4 is 15.0 Å². The van der Waals surface area contributed by atoms with E-state index in [1.165, 1.54) is 17.7 Å². The van der Waals surface area contributed by atoms with E-state index < -0.39 is 0 Å². The van der Waals surface area contributed by atoms with Gasteiger partial charge in [-0.25, -0.2) is 4.39 Å². The van der Waals surface area contributed by atoms with E-state index in [4.69, 9.17) is 4.74 Å². The molecule has 2 heterocycles. The molecule has 172 valence electrons. The van der Waals surface area contributed by atoms with Gasteiger partial charge in [0.1, 0.15) is 17.3 Å². The van der Waals surface area contributed by atoms with Crippen molar-refractivity contribution in [2.45, 2.75) is 25.9 Å². The predicted octanol–water partition coefficient (Wildman–Crippen LogP) is 4.01. The van der Waals surface area contributed by atoms with Gasteiger partial charge in [-0.3, -0.25) is 14.7 Å². The smallest absolute Gasteiger partial charge is 0.232 e. The van der Waals surface area contributed by atoms with Crippen molar-refractivity contribution < 1.29 is 13.9 Å². The lowest BCUT2D eigenvalue weighted by molar-refractivity contribution is -0.117. The van der Waals surface area contributed by atoms with E-state index in [0.717, 1.165) is 31.9 Å². The molecule has 0 aliphatic carbocycles. The van der Waals surface area contributed by atoms with Crippen LogP contribution in [0.4, 0.5) is 10.1 Å². The normalized spacial score (nSPS) is 16.4. The molecule has 1 fully saturated rings. The summed E-state index contributed by atoms with van der Waals surface area (Å²) in [6, 6.07) is 18.0. The zero-order chi connectivity index (χ0) is 23.2. The first-order valence-electron chi connectivity index (χ1n) is 11.2. The summed E-state index contributed by atoms with van der Waals surface area (Å²) < 4.78 is 18.7. The number of halogens is 1. The molecule has 1 atom stereocenters. The molecule has 0 radical (unpaired) electrons. The van der Waals surface area contributed by atoms with Crippen molar-refractivity contribution in [3.8, 4) is 11.5 Å². The van der Waals surface area contributed by atoms with E-state index in [1.807, 2.05) is 12.1 Å². The summed E-state index contributed by atoms with van der Waals surface area (Å²) in [5.41, 5.74) is 2.75. The first kappa shape index (κ1) is 22.9. The van der Waals surface area contributed by atoms with E-state index in [2.05, 4.69) is 34.3 Å². The average molecular weight is 449 g/mol. The predicted molar refractivity (Wildman–Crippen MR) is 127 cm³/mol. The molecule has 2 aromatic carbocycles. The Hall–Kier alpha value is -3.29. The molecule has 0 spiro atoms. The Bertz CT molecular complexity index is 1060. The maximum atomic E-state index is 13.0. The van der Waals surface area contributed by atoms with Crippen molar-refractivity contribution in [2.24, 2.45) is 0 Å². The molecule has 33 heavy (non-hydrogen) atoms. The monoisotopic (exact) mass is 448 g/mol. The standard InChI is InChI=1S/C26H29FN4O2/c1-19-17-31(14-13-28-19)18-20-3-8-23(9-4-20)30(2)26(32)15-22-7-12-25(16-29-22)33-24-10-5-21(27)6-11-24/h3-12,16,19,28H,13-15,17-18H2,1-2H3/t19-/m0/s1. The number of ether oxygens (including phenoxy) is 1. The Morgan fingerprint density at radius 1 is 1.12 bits per heavy atom. The van der Waals surface area contributed by atoms with Crippen molar-refractivity contribution in [1.29, 1.82) is 0 Å². The summed E-state index contributed by atoms with van der Waals surface area (Å²) in [7, 11) is 1.78. The Balaban J connectivity index is 1.31. The summed E-state index contributed by atoms with van der Waals surface area (Å²) in [6.45, 7) is 6.23. The van der Waals surface area contributed by atoms with Crippen LogP contribution >= 0.6 is 0 Å². The van der Waals surface area contributed by atoms with Gasteiger partial charge in [-0.1, -0.05) is 12.1 Å². The molecule has 1 amide bonds. The molecule has 0 unspecified atom stereocenters. The van der Waals surface area contributed by atoms with Crippen LogP contribution in [0, 0.1) is 5.82 Å². The maximum Gasteiger partial charge on any atom is 0.232 e. The van der Waals surface area contributed by atoms with E-state index in [9.17, 15) is 9.18 Å². The highest BCUT2D eigenvalue weighted by Gasteiger charge is 2.16. The minimum Gasteiger partial charge on any atom is -0.456 e. The third-order valence-corrected chi connectivity index (χ3v) is 5.74. The first-order valence-corrected chi connectivity index (χ1v) is 11.2. The van der Waals surface area contributed by atoms with Crippen molar-refractivity contribution >= 4 is 11.6 Å². The zero-order valence-electron chi connectivity index (χ0n) is 19.0. The van der Waals surface area contributed by atoms with Gasteiger partial charge >= 0.3 is 0 Å². The summed E-state index contributed by atoms with van der Waals surface area (Å²) in [4.78, 5) is 21.2. The van der Waals surface area contributed by atoms with Gasteiger partial charge in [-0.2, -0.15) is 0 Å². The molecular weight excluding hydrogens is 419 g/mol. The van der Waals surface area contributed by atoms with Crippen LogP contribution in [-0.4, -0.2) is 48.5 Å². The lowest BCUT2D eigenvalue weighted by atomic mass is 10.1. The first-order chi connectivity index (χ1) is 16.0. The van der Waals surface area contributed by atoms with Gasteiger partial charge in [-0.15, -0.1) is 0 Å². The number of nitrogens with zero attached hydrogens (tertiary/aromatic N) is 3. The number of nitrogens with one attached hydrogen (secondary N) is 1. The number of amides is 1. The number of anilines is 1. The Morgan fingerprint density at radius 2 is 1.85 bits per heavy atom. The number of hydrogen-bond donors (Lipinski definition) is 1. The molecule has 1 N–H and O–H groups in total. The van der Waals surface area contributed by atoms with Crippen LogP contribution in [-0.2, 0) is 17.8 Å². The summed E-state index contributed by atoms with van der Waals surface area (Å²) >= 11 is 0. The van der Waals surface area contributed by atoms with E-state index in [0.29, 0.717) is 23.2 Å². The van der Waals surface area contributed by atoms with Crippen molar-refractivity contribution in [3.63, 3.8) is 0 Å². The van der Waals surface area contributed by atoms with Crippen LogP contribution in [0.3, 0.4) is 0 Å². The van der Waals surface area contributed by atoms with Gasteiger partial charge in [-0.05, 0) is 61.0 Å². The third kappa shape index (κ3) is 6.37. The van der Waals surface area contributed by atoms with Crippen LogP contribution in [0.2, 0.25) is 0 Å². The highest BCUT2D eigenvalue weighted by Crippen LogP contribution is 2.21. The zero-order valence-corrected chi connectivity index (χ0v) is 19.0. The second-order valence-electron chi connectivity index (χ2n) is 8.43. The van der Waals surface area contributed by atoms with Crippen molar-refractivity contribution in [2.75, 3.05) is 31.6 Å². The Labute approximate surface area is 194 Å². The van der Waals surface area contributed by atoms with Gasteiger partial charge in [0.05, 0.1) is 12.6 Å². The molecule has 1 aromatic heterocycles. The second kappa shape index (κ2) is 10.6. The summed E-state index contributed by atoms with van der Waals surface area (Å²) in [6.07, 6.45) is 1.76. The number of pyridine rings is 1. The van der Waals surface area contributed by atoms with E-state index in [1.54, 1.807) is 42.4 Å². The van der Waals surface area contributed by atoms with Crippen LogP contribution in [0.15, 0.2) is 66.9 Å². The maximum absolute atomic E-state index is 13.0. The Morgan fingerprint density at radius 3 is 2.52 bits per heavy atom. The molecule has 1 aliphatic rings. The minimum atomic E-state index is -0.317. The lowest BCUT2D eigenvalue weighted by Gasteiger charge is -2.31. The number of piperazine rings is 1. The second-order valence-corrected chi connectivity index (χ2v) is 8.43. The quantitative estimate of drug-likeness (QED) is 0.592. The number of likely N-dealkylation sites (N-methyl/N-ethyl adjacent to an activating group) is 1. The number of carbonyl (C=O) groups excluding carboxylic acids is 1. The molecule has 4 rings (SSSR count). The molecule has 1 saturated heterocycles. The molecular formula is C26H29FN4O2. The number of carbonyl (C=O) groups is 1. The van der Waals surface area contributed by atoms with Crippen LogP contribution in [0.1, 0.15) is 18.2 Å². The Kier molecular flexibility index (Phi) is 7.32.